The SMILES string of the molecule is CN(c1ccc(N)c2cc(Br)cnc12)C1CC1. The van der Waals surface area contributed by atoms with Gasteiger partial charge < -0.3 is 10.6 Å². The van der Waals surface area contributed by atoms with Gasteiger partial charge in [0.2, 0.25) is 0 Å². The summed E-state index contributed by atoms with van der Waals surface area (Å²) < 4.78 is 0.961. The van der Waals surface area contributed by atoms with E-state index >= 15 is 0 Å². The number of rotatable bonds is 2. The fourth-order valence-electron chi connectivity index (χ4n) is 2.14. The van der Waals surface area contributed by atoms with Crippen LogP contribution in [-0.2, 0) is 0 Å². The largest absolute Gasteiger partial charge is 0.398 e. The molecular weight excluding hydrogens is 278 g/mol. The Balaban J connectivity index is 2.21. The molecule has 0 saturated heterocycles. The minimum absolute atomic E-state index is 0.673. The van der Waals surface area contributed by atoms with Gasteiger partial charge in [0.15, 0.2) is 0 Å². The molecule has 3 rings (SSSR count). The van der Waals surface area contributed by atoms with E-state index in [0.717, 1.165) is 21.1 Å². The highest BCUT2D eigenvalue weighted by molar-refractivity contribution is 9.10. The molecule has 0 atom stereocenters. The van der Waals surface area contributed by atoms with Crippen molar-refractivity contribution in [2.75, 3.05) is 17.7 Å². The van der Waals surface area contributed by atoms with Gasteiger partial charge in [-0.3, -0.25) is 4.98 Å². The van der Waals surface area contributed by atoms with Crippen LogP contribution in [-0.4, -0.2) is 18.1 Å². The van der Waals surface area contributed by atoms with Crippen LogP contribution in [0.15, 0.2) is 28.9 Å². The van der Waals surface area contributed by atoms with Crippen molar-refractivity contribution in [3.8, 4) is 0 Å². The summed E-state index contributed by atoms with van der Waals surface area (Å²) in [6, 6.07) is 6.73. The highest BCUT2D eigenvalue weighted by Gasteiger charge is 2.27. The van der Waals surface area contributed by atoms with Crippen LogP contribution in [0.4, 0.5) is 11.4 Å². The van der Waals surface area contributed by atoms with Crippen LogP contribution in [0.1, 0.15) is 12.8 Å². The zero-order valence-electron chi connectivity index (χ0n) is 9.65. The predicted molar refractivity (Wildman–Crippen MR) is 75.3 cm³/mol. The fourth-order valence-corrected chi connectivity index (χ4v) is 2.48. The standard InChI is InChI=1S/C13H14BrN3/c1-17(9-2-3-9)12-5-4-11(15)10-6-8(14)7-16-13(10)12/h4-7,9H,2-3,15H2,1H3. The van der Waals surface area contributed by atoms with Crippen molar-refractivity contribution in [2.45, 2.75) is 18.9 Å². The number of nitrogen functional groups attached to an aromatic ring is 1. The Labute approximate surface area is 109 Å². The van der Waals surface area contributed by atoms with E-state index in [9.17, 15) is 0 Å². The summed E-state index contributed by atoms with van der Waals surface area (Å²) in [5.74, 6) is 0. The molecule has 0 amide bonds. The maximum Gasteiger partial charge on any atom is 0.0956 e. The van der Waals surface area contributed by atoms with E-state index < -0.39 is 0 Å². The second kappa shape index (κ2) is 3.88. The molecular formula is C13H14BrN3. The molecule has 1 aromatic carbocycles. The third kappa shape index (κ3) is 1.86. The maximum atomic E-state index is 6.01. The lowest BCUT2D eigenvalue weighted by atomic mass is 10.1. The van der Waals surface area contributed by atoms with Crippen molar-refractivity contribution in [2.24, 2.45) is 0 Å². The molecule has 4 heteroatoms. The second-order valence-corrected chi connectivity index (χ2v) is 5.48. The van der Waals surface area contributed by atoms with E-state index in [0.29, 0.717) is 6.04 Å². The number of pyridine rings is 1. The van der Waals surface area contributed by atoms with E-state index in [2.05, 4.69) is 38.9 Å². The summed E-state index contributed by atoms with van der Waals surface area (Å²) >= 11 is 3.44. The molecule has 1 aliphatic carbocycles. The first-order valence-corrected chi connectivity index (χ1v) is 6.52. The van der Waals surface area contributed by atoms with Gasteiger partial charge in [0, 0.05) is 34.8 Å². The summed E-state index contributed by atoms with van der Waals surface area (Å²) in [6.07, 6.45) is 4.38. The lowest BCUT2D eigenvalue weighted by Crippen LogP contribution is -2.19. The minimum atomic E-state index is 0.673. The predicted octanol–water partition coefficient (Wildman–Crippen LogP) is 3.18. The summed E-state index contributed by atoms with van der Waals surface area (Å²) in [5.41, 5.74) is 8.94. The topological polar surface area (TPSA) is 42.1 Å². The molecule has 2 aromatic rings. The van der Waals surface area contributed by atoms with Crippen LogP contribution in [0, 0.1) is 0 Å². The lowest BCUT2D eigenvalue weighted by molar-refractivity contribution is 0.920. The van der Waals surface area contributed by atoms with Crippen LogP contribution in [0.2, 0.25) is 0 Å². The van der Waals surface area contributed by atoms with Crippen LogP contribution in [0.25, 0.3) is 10.9 Å². The van der Waals surface area contributed by atoms with E-state index in [1.54, 1.807) is 0 Å². The molecule has 0 radical (unpaired) electrons. The van der Waals surface area contributed by atoms with E-state index in [1.807, 2.05) is 18.3 Å². The molecule has 1 fully saturated rings. The number of hydrogen-bond donors (Lipinski definition) is 1. The number of hydrogen-bond acceptors (Lipinski definition) is 3. The van der Waals surface area contributed by atoms with Gasteiger partial charge in [0.05, 0.1) is 11.2 Å². The first-order chi connectivity index (χ1) is 8.16. The number of aromatic nitrogens is 1. The Morgan fingerprint density at radius 2 is 2.18 bits per heavy atom. The zero-order chi connectivity index (χ0) is 12.0. The number of nitrogens with zero attached hydrogens (tertiary/aromatic N) is 2. The van der Waals surface area contributed by atoms with Gasteiger partial charge in [-0.15, -0.1) is 0 Å². The average Bonchev–Trinajstić information content (AvgIpc) is 3.13. The monoisotopic (exact) mass is 291 g/mol. The van der Waals surface area contributed by atoms with Gasteiger partial charge in [0.25, 0.3) is 0 Å². The van der Waals surface area contributed by atoms with Crippen LogP contribution in [0.3, 0.4) is 0 Å². The van der Waals surface area contributed by atoms with Crippen molar-refractivity contribution in [3.05, 3.63) is 28.9 Å². The highest BCUT2D eigenvalue weighted by Crippen LogP contribution is 2.36. The van der Waals surface area contributed by atoms with Gasteiger partial charge in [-0.2, -0.15) is 0 Å². The average molecular weight is 292 g/mol. The quantitative estimate of drug-likeness (QED) is 0.864. The number of benzene rings is 1. The molecule has 3 nitrogen and oxygen atoms in total. The van der Waals surface area contributed by atoms with Crippen molar-refractivity contribution in [3.63, 3.8) is 0 Å². The Kier molecular flexibility index (Phi) is 2.47. The van der Waals surface area contributed by atoms with Gasteiger partial charge in [-0.1, -0.05) is 0 Å². The third-order valence-corrected chi connectivity index (χ3v) is 3.74. The van der Waals surface area contributed by atoms with Crippen LogP contribution >= 0.6 is 15.9 Å². The summed E-state index contributed by atoms with van der Waals surface area (Å²) in [7, 11) is 2.13. The van der Waals surface area contributed by atoms with Crippen LogP contribution in [0.5, 0.6) is 0 Å². The fraction of sp³-hybridized carbons (Fsp3) is 0.308. The van der Waals surface area contributed by atoms with Crippen molar-refractivity contribution >= 4 is 38.2 Å². The molecule has 0 aliphatic heterocycles. The van der Waals surface area contributed by atoms with Gasteiger partial charge in [-0.25, -0.2) is 0 Å². The molecule has 0 bridgehead atoms. The van der Waals surface area contributed by atoms with Crippen molar-refractivity contribution < 1.29 is 0 Å². The Bertz CT molecular complexity index is 578. The van der Waals surface area contributed by atoms with Crippen molar-refractivity contribution in [1.29, 1.82) is 0 Å². The molecule has 0 spiro atoms. The van der Waals surface area contributed by atoms with E-state index in [4.69, 9.17) is 5.73 Å². The Morgan fingerprint density at radius 3 is 2.88 bits per heavy atom. The normalized spacial score (nSPS) is 15.2. The molecule has 0 unspecified atom stereocenters. The summed E-state index contributed by atoms with van der Waals surface area (Å²) in [5, 5.41) is 1.02. The molecule has 1 aliphatic rings. The number of nitrogens with two attached hydrogens (primary N) is 1. The molecule has 1 heterocycles. The molecule has 2 N–H and O–H groups in total. The number of anilines is 2. The maximum absolute atomic E-state index is 6.01. The molecule has 17 heavy (non-hydrogen) atoms. The number of halogens is 1. The third-order valence-electron chi connectivity index (χ3n) is 3.30. The molecule has 88 valence electrons. The summed E-state index contributed by atoms with van der Waals surface area (Å²) in [4.78, 5) is 6.81. The Morgan fingerprint density at radius 1 is 1.41 bits per heavy atom. The first-order valence-electron chi connectivity index (χ1n) is 5.73. The number of fused-ring (bicyclic) bond motifs is 1. The zero-order valence-corrected chi connectivity index (χ0v) is 11.2. The second-order valence-electron chi connectivity index (χ2n) is 4.57. The van der Waals surface area contributed by atoms with Gasteiger partial charge in [-0.05, 0) is 47.0 Å². The smallest absolute Gasteiger partial charge is 0.0956 e. The first kappa shape index (κ1) is 10.8. The van der Waals surface area contributed by atoms with Gasteiger partial charge in [0.1, 0.15) is 0 Å². The van der Waals surface area contributed by atoms with E-state index in [-0.39, 0.29) is 0 Å². The summed E-state index contributed by atoms with van der Waals surface area (Å²) in [6.45, 7) is 0. The minimum Gasteiger partial charge on any atom is -0.398 e. The molecule has 1 aromatic heterocycles. The highest BCUT2D eigenvalue weighted by atomic mass is 79.9. The van der Waals surface area contributed by atoms with Gasteiger partial charge >= 0.3 is 0 Å². The lowest BCUT2D eigenvalue weighted by Gasteiger charge is -2.20. The Hall–Kier alpha value is -1.29. The van der Waals surface area contributed by atoms with E-state index in [1.165, 1.54) is 18.5 Å². The van der Waals surface area contributed by atoms with Crippen LogP contribution < -0.4 is 10.6 Å². The molecule has 1 saturated carbocycles. The van der Waals surface area contributed by atoms with Crippen molar-refractivity contribution in [1.82, 2.24) is 4.98 Å².